The van der Waals surface area contributed by atoms with Crippen molar-refractivity contribution >= 4 is 17.0 Å². The Balaban J connectivity index is 1.76. The number of anilines is 1. The Morgan fingerprint density at radius 2 is 1.80 bits per heavy atom. The van der Waals surface area contributed by atoms with E-state index in [1.165, 1.54) is 34.9 Å². The van der Waals surface area contributed by atoms with Gasteiger partial charge >= 0.3 is 0 Å². The predicted octanol–water partition coefficient (Wildman–Crippen LogP) is 3.90. The Hall–Kier alpha value is -3.69. The fourth-order valence-electron chi connectivity index (χ4n) is 4.62. The fraction of sp³-hybridized carbons (Fsp3) is 0.269. The molecule has 2 heterocycles. The smallest absolute Gasteiger partial charge is 0.256 e. The average Bonchev–Trinajstić information content (AvgIpc) is 2.85. The number of nitrogens with two attached hydrogens (primary N) is 1. The first-order valence-electron chi connectivity index (χ1n) is 11.6. The average molecular weight is 478 g/mol. The first kappa shape index (κ1) is 23.1. The number of rotatable bonds is 5. The minimum absolute atomic E-state index is 0.0308. The van der Waals surface area contributed by atoms with Crippen molar-refractivity contribution in [3.8, 4) is 16.9 Å². The summed E-state index contributed by atoms with van der Waals surface area (Å²) in [5.74, 6) is -0.728. The van der Waals surface area contributed by atoms with E-state index in [4.69, 9.17) is 10.7 Å². The molecule has 1 aliphatic carbocycles. The van der Waals surface area contributed by atoms with Crippen molar-refractivity contribution in [2.45, 2.75) is 44.4 Å². The summed E-state index contributed by atoms with van der Waals surface area (Å²) in [5, 5.41) is 13.7. The van der Waals surface area contributed by atoms with Gasteiger partial charge in [-0.3, -0.25) is 9.36 Å². The van der Waals surface area contributed by atoms with Gasteiger partial charge in [-0.2, -0.15) is 4.98 Å². The van der Waals surface area contributed by atoms with Gasteiger partial charge < -0.3 is 16.2 Å². The number of nitrogens with one attached hydrogen (secondary N) is 1. The van der Waals surface area contributed by atoms with Crippen molar-refractivity contribution in [1.29, 1.82) is 0 Å². The minimum Gasteiger partial charge on any atom is -0.393 e. The van der Waals surface area contributed by atoms with Gasteiger partial charge in [0.15, 0.2) is 5.65 Å². The molecular weight excluding hydrogens is 452 g/mol. The maximum atomic E-state index is 14.8. The van der Waals surface area contributed by atoms with Crippen LogP contribution in [0.25, 0.3) is 28.0 Å². The second-order valence-electron chi connectivity index (χ2n) is 8.75. The SMILES string of the molecule is NCc1cc(F)ccc1-c1nc(NC2CCC(O)CC2)nc2c1ccc(=O)n2-c1ccccc1F. The molecule has 7 nitrogen and oxygen atoms in total. The van der Waals surface area contributed by atoms with Crippen LogP contribution in [0.3, 0.4) is 0 Å². The molecule has 0 bridgehead atoms. The summed E-state index contributed by atoms with van der Waals surface area (Å²) in [6, 6.07) is 13.2. The number of pyridine rings is 1. The number of aromatic nitrogens is 3. The number of fused-ring (bicyclic) bond motifs is 1. The molecule has 9 heteroatoms. The van der Waals surface area contributed by atoms with Crippen molar-refractivity contribution in [2.24, 2.45) is 5.73 Å². The van der Waals surface area contributed by atoms with Gasteiger partial charge in [-0.25, -0.2) is 13.8 Å². The third-order valence-corrected chi connectivity index (χ3v) is 6.42. The summed E-state index contributed by atoms with van der Waals surface area (Å²) in [6.45, 7) is 0.0782. The molecular formula is C26H25F2N5O2. The highest BCUT2D eigenvalue weighted by Crippen LogP contribution is 2.32. The van der Waals surface area contributed by atoms with Gasteiger partial charge in [0.2, 0.25) is 5.95 Å². The van der Waals surface area contributed by atoms with E-state index in [0.717, 1.165) is 12.8 Å². The van der Waals surface area contributed by atoms with Gasteiger partial charge in [-0.1, -0.05) is 12.1 Å². The first-order chi connectivity index (χ1) is 16.9. The molecule has 0 spiro atoms. The van der Waals surface area contributed by atoms with Gasteiger partial charge in [-0.05, 0) is 67.6 Å². The standard InChI is InChI=1S/C26H25F2N5O2/c27-16-5-10-19(15(13-16)14-29)24-20-11-12-23(35)33(22-4-2-1-3-21(22)28)25(20)32-26(31-24)30-17-6-8-18(34)9-7-17/h1-5,10-13,17-18,34H,6-9,14,29H2,(H,30,31,32). The Bertz CT molecular complexity index is 1450. The highest BCUT2D eigenvalue weighted by Gasteiger charge is 2.22. The molecule has 0 radical (unpaired) electrons. The predicted molar refractivity (Wildman–Crippen MR) is 130 cm³/mol. The molecule has 4 N–H and O–H groups in total. The summed E-state index contributed by atoms with van der Waals surface area (Å²) in [6.07, 6.45) is 2.47. The van der Waals surface area contributed by atoms with Crippen LogP contribution in [-0.2, 0) is 6.54 Å². The number of aliphatic hydroxyl groups excluding tert-OH is 1. The maximum absolute atomic E-state index is 14.8. The topological polar surface area (TPSA) is 106 Å². The summed E-state index contributed by atoms with van der Waals surface area (Å²) in [5.41, 5.74) is 7.35. The van der Waals surface area contributed by atoms with Gasteiger partial charge in [0.1, 0.15) is 11.6 Å². The number of aliphatic hydroxyl groups is 1. The number of halogens is 2. The Kier molecular flexibility index (Phi) is 6.27. The van der Waals surface area contributed by atoms with Crippen molar-refractivity contribution < 1.29 is 13.9 Å². The molecule has 1 aliphatic rings. The maximum Gasteiger partial charge on any atom is 0.256 e. The van der Waals surface area contributed by atoms with E-state index < -0.39 is 17.2 Å². The number of hydrogen-bond acceptors (Lipinski definition) is 6. The molecule has 35 heavy (non-hydrogen) atoms. The lowest BCUT2D eigenvalue weighted by atomic mass is 9.93. The second kappa shape index (κ2) is 9.52. The molecule has 0 aliphatic heterocycles. The molecule has 180 valence electrons. The first-order valence-corrected chi connectivity index (χ1v) is 11.6. The van der Waals surface area contributed by atoms with Crippen molar-refractivity contribution in [3.63, 3.8) is 0 Å². The van der Waals surface area contributed by atoms with Crippen molar-refractivity contribution in [3.05, 3.63) is 82.1 Å². The lowest BCUT2D eigenvalue weighted by molar-refractivity contribution is 0.126. The molecule has 5 rings (SSSR count). The van der Waals surface area contributed by atoms with Gasteiger partial charge in [0.05, 0.1) is 17.5 Å². The molecule has 0 amide bonds. The Morgan fingerprint density at radius 3 is 2.54 bits per heavy atom. The molecule has 0 saturated heterocycles. The van der Waals surface area contributed by atoms with Gasteiger partial charge in [0, 0.05) is 29.6 Å². The second-order valence-corrected chi connectivity index (χ2v) is 8.75. The molecule has 1 saturated carbocycles. The van der Waals surface area contributed by atoms with E-state index in [1.54, 1.807) is 24.3 Å². The van der Waals surface area contributed by atoms with E-state index >= 15 is 0 Å². The van der Waals surface area contributed by atoms with Gasteiger partial charge in [0.25, 0.3) is 5.56 Å². The summed E-state index contributed by atoms with van der Waals surface area (Å²) in [4.78, 5) is 22.3. The van der Waals surface area contributed by atoms with Crippen molar-refractivity contribution in [1.82, 2.24) is 14.5 Å². The largest absolute Gasteiger partial charge is 0.393 e. The van der Waals surface area contributed by atoms with E-state index in [9.17, 15) is 18.7 Å². The molecule has 0 atom stereocenters. The zero-order chi connectivity index (χ0) is 24.5. The van der Waals surface area contributed by atoms with Crippen LogP contribution in [0.5, 0.6) is 0 Å². The van der Waals surface area contributed by atoms with E-state index in [-0.39, 0.29) is 36.0 Å². The van der Waals surface area contributed by atoms with Crippen LogP contribution in [0.2, 0.25) is 0 Å². The zero-order valence-electron chi connectivity index (χ0n) is 18.9. The van der Waals surface area contributed by atoms with Gasteiger partial charge in [-0.15, -0.1) is 0 Å². The van der Waals surface area contributed by atoms with Crippen molar-refractivity contribution in [2.75, 3.05) is 5.32 Å². The van der Waals surface area contributed by atoms with E-state index in [0.29, 0.717) is 35.0 Å². The van der Waals surface area contributed by atoms with Crippen LogP contribution in [0.1, 0.15) is 31.2 Å². The minimum atomic E-state index is -0.567. The van der Waals surface area contributed by atoms with Crippen LogP contribution in [-0.4, -0.2) is 31.8 Å². The van der Waals surface area contributed by atoms with E-state index in [2.05, 4.69) is 10.3 Å². The zero-order valence-corrected chi connectivity index (χ0v) is 18.9. The fourth-order valence-corrected chi connectivity index (χ4v) is 4.62. The Labute approximate surface area is 200 Å². The summed E-state index contributed by atoms with van der Waals surface area (Å²) < 4.78 is 30.0. The molecule has 2 aromatic carbocycles. The molecule has 2 aromatic heterocycles. The third kappa shape index (κ3) is 4.52. The normalized spacial score (nSPS) is 18.1. The van der Waals surface area contributed by atoms with Crippen LogP contribution in [0.4, 0.5) is 14.7 Å². The number of nitrogens with zero attached hydrogens (tertiary/aromatic N) is 3. The monoisotopic (exact) mass is 477 g/mol. The number of hydrogen-bond donors (Lipinski definition) is 3. The summed E-state index contributed by atoms with van der Waals surface area (Å²) in [7, 11) is 0. The molecule has 1 fully saturated rings. The summed E-state index contributed by atoms with van der Waals surface area (Å²) >= 11 is 0. The number of para-hydroxylation sites is 1. The Morgan fingerprint density at radius 1 is 1.03 bits per heavy atom. The third-order valence-electron chi connectivity index (χ3n) is 6.42. The quantitative estimate of drug-likeness (QED) is 0.403. The lowest BCUT2D eigenvalue weighted by Gasteiger charge is -2.26. The highest BCUT2D eigenvalue weighted by molar-refractivity contribution is 5.93. The van der Waals surface area contributed by atoms with Crippen LogP contribution in [0, 0.1) is 11.6 Å². The highest BCUT2D eigenvalue weighted by atomic mass is 19.1. The van der Waals surface area contributed by atoms with Crippen LogP contribution >= 0.6 is 0 Å². The van der Waals surface area contributed by atoms with Crippen LogP contribution in [0.15, 0.2) is 59.4 Å². The molecule has 4 aromatic rings. The van der Waals surface area contributed by atoms with E-state index in [1.807, 2.05) is 0 Å². The molecule has 0 unspecified atom stereocenters. The van der Waals surface area contributed by atoms with Crippen LogP contribution < -0.4 is 16.6 Å². The number of benzene rings is 2. The lowest BCUT2D eigenvalue weighted by Crippen LogP contribution is -2.29.